The Kier molecular flexibility index (Phi) is 4.24. The number of nitrogens with two attached hydrogens (primary N) is 2. The predicted molar refractivity (Wildman–Crippen MR) is 93.9 cm³/mol. The Morgan fingerprint density at radius 1 is 0.917 bits per heavy atom. The lowest BCUT2D eigenvalue weighted by molar-refractivity contribution is 0.250. The van der Waals surface area contributed by atoms with Gasteiger partial charge in [-0.2, -0.15) is 0 Å². The van der Waals surface area contributed by atoms with Gasteiger partial charge >= 0.3 is 0 Å². The van der Waals surface area contributed by atoms with Crippen molar-refractivity contribution in [2.75, 3.05) is 5.73 Å². The molecule has 3 atom stereocenters. The third-order valence-corrected chi connectivity index (χ3v) is 5.14. The molecule has 0 heterocycles. The number of rotatable bonds is 4. The number of hydrogen-bond donors (Lipinski definition) is 2. The molecule has 4 N–H and O–H groups in total. The van der Waals surface area contributed by atoms with Gasteiger partial charge in [0.15, 0.2) is 0 Å². The van der Waals surface area contributed by atoms with Gasteiger partial charge in [0.1, 0.15) is 0 Å². The molecule has 0 bridgehead atoms. The fourth-order valence-electron chi connectivity index (χ4n) is 3.72. The lowest BCUT2D eigenvalue weighted by Crippen LogP contribution is -2.53. The van der Waals surface area contributed by atoms with Crippen molar-refractivity contribution < 1.29 is 9.59 Å². The first kappa shape index (κ1) is 16.4. The lowest BCUT2D eigenvalue weighted by atomic mass is 9.57. The molecule has 2 aromatic rings. The van der Waals surface area contributed by atoms with Gasteiger partial charge in [-0.15, -0.1) is 0 Å². The number of anilines is 1. The Labute approximate surface area is 141 Å². The average molecular weight is 320 g/mol. The third-order valence-electron chi connectivity index (χ3n) is 5.14. The predicted octanol–water partition coefficient (Wildman–Crippen LogP) is 2.39. The number of benzene rings is 2. The fraction of sp³-hybridized carbons (Fsp3) is 0.300. The summed E-state index contributed by atoms with van der Waals surface area (Å²) in [6, 6.07) is 17.0. The summed E-state index contributed by atoms with van der Waals surface area (Å²) in [6.45, 7) is 0. The molecule has 1 saturated carbocycles. The van der Waals surface area contributed by atoms with Gasteiger partial charge in [-0.05, 0) is 42.5 Å². The van der Waals surface area contributed by atoms with E-state index < -0.39 is 11.0 Å². The molecule has 0 aromatic heterocycles. The highest BCUT2D eigenvalue weighted by Crippen LogP contribution is 2.50. The molecule has 0 saturated heterocycles. The van der Waals surface area contributed by atoms with Gasteiger partial charge < -0.3 is 11.5 Å². The van der Waals surface area contributed by atoms with Crippen LogP contribution in [0.15, 0.2) is 54.6 Å². The molecule has 1 fully saturated rings. The number of hydrogen-bond acceptors (Lipinski definition) is 4. The summed E-state index contributed by atoms with van der Waals surface area (Å²) < 4.78 is 0. The number of nitrogen functional groups attached to an aromatic ring is 1. The molecule has 0 spiro atoms. The smallest absolute Gasteiger partial charge is 0.220 e. The van der Waals surface area contributed by atoms with Crippen LogP contribution in [-0.4, -0.2) is 18.1 Å². The van der Waals surface area contributed by atoms with E-state index in [-0.39, 0.29) is 5.92 Å². The van der Waals surface area contributed by atoms with Crippen LogP contribution < -0.4 is 11.5 Å². The van der Waals surface area contributed by atoms with Crippen molar-refractivity contribution in [1.82, 2.24) is 0 Å². The van der Waals surface area contributed by atoms with E-state index >= 15 is 0 Å². The van der Waals surface area contributed by atoms with Crippen LogP contribution in [0, 0.1) is 0 Å². The van der Waals surface area contributed by atoms with Crippen LogP contribution >= 0.6 is 0 Å². The average Bonchev–Trinajstić information content (AvgIpc) is 2.63. The molecule has 3 unspecified atom stereocenters. The fourth-order valence-corrected chi connectivity index (χ4v) is 3.72. The molecule has 0 aliphatic heterocycles. The zero-order valence-corrected chi connectivity index (χ0v) is 13.4. The van der Waals surface area contributed by atoms with Gasteiger partial charge in [-0.3, -0.25) is 9.59 Å². The van der Waals surface area contributed by atoms with Crippen molar-refractivity contribution >= 4 is 18.3 Å². The quantitative estimate of drug-likeness (QED) is 0.847. The van der Waals surface area contributed by atoms with Crippen LogP contribution in [0.3, 0.4) is 0 Å². The molecule has 3 rings (SSSR count). The second kappa shape index (κ2) is 6.21. The Morgan fingerprint density at radius 2 is 1.58 bits per heavy atom. The van der Waals surface area contributed by atoms with Crippen LogP contribution in [0.5, 0.6) is 0 Å². The van der Waals surface area contributed by atoms with Gasteiger partial charge in [0.2, 0.25) is 12.6 Å². The molecule has 1 aliphatic rings. The first-order chi connectivity index (χ1) is 11.5. The van der Waals surface area contributed by atoms with Crippen LogP contribution in [0.4, 0.5) is 5.69 Å². The summed E-state index contributed by atoms with van der Waals surface area (Å²) in [4.78, 5) is 23.5. The molecule has 4 nitrogen and oxygen atoms in total. The summed E-state index contributed by atoms with van der Waals surface area (Å²) in [5.41, 5.74) is 12.6. The summed E-state index contributed by atoms with van der Waals surface area (Å²) >= 11 is 0. The summed E-state index contributed by atoms with van der Waals surface area (Å²) in [5.74, 6) is -0.236. The van der Waals surface area contributed by atoms with Gasteiger partial charge in [-0.25, -0.2) is 0 Å². The molecular weight excluding hydrogens is 300 g/mol. The van der Waals surface area contributed by atoms with Crippen LogP contribution in [0.25, 0.3) is 0 Å². The maximum atomic E-state index is 12.2. The standard InChI is InChI=1S/C20H20N2O2/c21-17-8-6-16(7-9-17)20(14-24)11-10-19(22,13-23)12-18(20)15-4-2-1-3-5-15/h1-9,18H,10-12,21-22H2. The molecule has 0 amide bonds. The zero-order chi connectivity index (χ0) is 17.2. The SMILES string of the molecule is Nc1ccc(C2([C]=O)CCC(N)([C]=O)CC2c2ccccc2)cc1. The second-order valence-corrected chi connectivity index (χ2v) is 6.62. The van der Waals surface area contributed by atoms with Crippen molar-refractivity contribution in [1.29, 1.82) is 0 Å². The van der Waals surface area contributed by atoms with Crippen LogP contribution in [0.2, 0.25) is 0 Å². The van der Waals surface area contributed by atoms with Crippen molar-refractivity contribution in [3.05, 3.63) is 65.7 Å². The Morgan fingerprint density at radius 3 is 2.17 bits per heavy atom. The number of carbonyl (C=O) groups excluding carboxylic acids is 2. The highest BCUT2D eigenvalue weighted by Gasteiger charge is 2.50. The molecule has 2 aromatic carbocycles. The second-order valence-electron chi connectivity index (χ2n) is 6.62. The Bertz CT molecular complexity index is 729. The van der Waals surface area contributed by atoms with Crippen molar-refractivity contribution in [3.63, 3.8) is 0 Å². The van der Waals surface area contributed by atoms with Gasteiger partial charge in [0.25, 0.3) is 0 Å². The summed E-state index contributed by atoms with van der Waals surface area (Å²) in [5, 5.41) is 0. The minimum absolute atomic E-state index is 0.236. The Hall–Kier alpha value is -2.46. The van der Waals surface area contributed by atoms with Crippen molar-refractivity contribution in [3.8, 4) is 0 Å². The van der Waals surface area contributed by atoms with Crippen LogP contribution in [0.1, 0.15) is 36.3 Å². The maximum absolute atomic E-state index is 12.2. The molecule has 122 valence electrons. The van der Waals surface area contributed by atoms with E-state index in [4.69, 9.17) is 11.5 Å². The topological polar surface area (TPSA) is 86.2 Å². The van der Waals surface area contributed by atoms with E-state index in [0.717, 1.165) is 11.1 Å². The molecule has 2 radical (unpaired) electrons. The lowest BCUT2D eigenvalue weighted by Gasteiger charge is -2.45. The van der Waals surface area contributed by atoms with E-state index in [0.29, 0.717) is 24.9 Å². The minimum atomic E-state index is -1.03. The van der Waals surface area contributed by atoms with E-state index in [1.165, 1.54) is 0 Å². The monoisotopic (exact) mass is 320 g/mol. The largest absolute Gasteiger partial charge is 0.399 e. The van der Waals surface area contributed by atoms with E-state index in [1.54, 1.807) is 12.1 Å². The van der Waals surface area contributed by atoms with E-state index in [1.807, 2.05) is 48.8 Å². The summed E-state index contributed by atoms with van der Waals surface area (Å²) in [6.07, 6.45) is 5.48. The summed E-state index contributed by atoms with van der Waals surface area (Å²) in [7, 11) is 0. The highest BCUT2D eigenvalue weighted by atomic mass is 16.1. The molecule has 4 heteroatoms. The maximum Gasteiger partial charge on any atom is 0.220 e. The first-order valence-corrected chi connectivity index (χ1v) is 8.01. The third kappa shape index (κ3) is 2.74. The first-order valence-electron chi connectivity index (χ1n) is 8.01. The molecular formula is C20H20N2O2. The van der Waals surface area contributed by atoms with E-state index in [9.17, 15) is 9.59 Å². The zero-order valence-electron chi connectivity index (χ0n) is 13.4. The van der Waals surface area contributed by atoms with Gasteiger partial charge in [-0.1, -0.05) is 42.5 Å². The van der Waals surface area contributed by atoms with Gasteiger partial charge in [0.05, 0.1) is 11.0 Å². The van der Waals surface area contributed by atoms with Crippen molar-refractivity contribution in [2.45, 2.75) is 36.1 Å². The Balaban J connectivity index is 2.13. The molecule has 24 heavy (non-hydrogen) atoms. The minimum Gasteiger partial charge on any atom is -0.399 e. The van der Waals surface area contributed by atoms with Crippen LogP contribution in [-0.2, 0) is 15.0 Å². The van der Waals surface area contributed by atoms with Gasteiger partial charge in [0, 0.05) is 11.6 Å². The van der Waals surface area contributed by atoms with E-state index in [2.05, 4.69) is 6.29 Å². The normalized spacial score (nSPS) is 29.8. The molecule has 1 aliphatic carbocycles. The van der Waals surface area contributed by atoms with Crippen molar-refractivity contribution in [2.24, 2.45) is 5.73 Å². The highest BCUT2D eigenvalue weighted by molar-refractivity contribution is 5.75.